The number of allylic oxidation sites excluding steroid dienone is 1. The van der Waals surface area contributed by atoms with E-state index in [1.165, 1.54) is 0 Å². The summed E-state index contributed by atoms with van der Waals surface area (Å²) >= 11 is 5.92. The van der Waals surface area contributed by atoms with E-state index in [0.29, 0.717) is 11.0 Å². The molecule has 0 aromatic rings. The SMILES string of the molecule is C=C1N=C(Cl)C=C(N2CCOCC2)N1C. The highest BCUT2D eigenvalue weighted by Gasteiger charge is 2.21. The van der Waals surface area contributed by atoms with Gasteiger partial charge in [-0.25, -0.2) is 4.99 Å². The summed E-state index contributed by atoms with van der Waals surface area (Å²) in [4.78, 5) is 8.26. The molecule has 15 heavy (non-hydrogen) atoms. The molecule has 2 rings (SSSR count). The van der Waals surface area contributed by atoms with Gasteiger partial charge in [-0.05, 0) is 0 Å². The summed E-state index contributed by atoms with van der Waals surface area (Å²) < 4.78 is 5.31. The number of nitrogens with zero attached hydrogens (tertiary/aromatic N) is 3. The van der Waals surface area contributed by atoms with E-state index in [1.807, 2.05) is 18.0 Å². The van der Waals surface area contributed by atoms with Crippen molar-refractivity contribution in [3.05, 3.63) is 24.3 Å². The third kappa shape index (κ3) is 2.16. The largest absolute Gasteiger partial charge is 0.378 e. The number of ether oxygens (including phenoxy) is 1. The predicted octanol–water partition coefficient (Wildman–Crippen LogP) is 1.21. The molecule has 0 spiro atoms. The fraction of sp³-hybridized carbons (Fsp3) is 0.500. The first kappa shape index (κ1) is 10.5. The Bertz CT molecular complexity index is 332. The molecule has 0 unspecified atom stereocenters. The van der Waals surface area contributed by atoms with Crippen molar-refractivity contribution in [3.8, 4) is 0 Å². The summed E-state index contributed by atoms with van der Waals surface area (Å²) in [6.45, 7) is 7.12. The molecule has 5 heteroatoms. The van der Waals surface area contributed by atoms with Crippen LogP contribution in [0.4, 0.5) is 0 Å². The summed E-state index contributed by atoms with van der Waals surface area (Å²) in [7, 11) is 1.94. The zero-order valence-corrected chi connectivity index (χ0v) is 9.50. The van der Waals surface area contributed by atoms with Gasteiger partial charge in [0.05, 0.1) is 13.2 Å². The van der Waals surface area contributed by atoms with E-state index in [1.54, 1.807) is 0 Å². The Labute approximate surface area is 94.5 Å². The lowest BCUT2D eigenvalue weighted by Crippen LogP contribution is -2.41. The molecule has 0 atom stereocenters. The van der Waals surface area contributed by atoms with Crippen LogP contribution in [0.2, 0.25) is 0 Å². The predicted molar refractivity (Wildman–Crippen MR) is 60.7 cm³/mol. The Kier molecular flexibility index (Phi) is 2.98. The Morgan fingerprint density at radius 3 is 2.80 bits per heavy atom. The first-order chi connectivity index (χ1) is 7.18. The number of aliphatic imine (C=N–C) groups is 1. The second-order valence-corrected chi connectivity index (χ2v) is 3.90. The second kappa shape index (κ2) is 4.24. The second-order valence-electron chi connectivity index (χ2n) is 3.51. The maximum Gasteiger partial charge on any atom is 0.135 e. The van der Waals surface area contributed by atoms with E-state index in [9.17, 15) is 0 Å². The van der Waals surface area contributed by atoms with Gasteiger partial charge >= 0.3 is 0 Å². The molecular formula is C10H14ClN3O. The first-order valence-corrected chi connectivity index (χ1v) is 5.27. The molecule has 0 amide bonds. The van der Waals surface area contributed by atoms with Crippen LogP contribution in [0.25, 0.3) is 0 Å². The lowest BCUT2D eigenvalue weighted by Gasteiger charge is -2.37. The van der Waals surface area contributed by atoms with Gasteiger partial charge in [0, 0.05) is 26.2 Å². The topological polar surface area (TPSA) is 28.1 Å². The fourth-order valence-corrected chi connectivity index (χ4v) is 1.86. The molecule has 0 N–H and O–H groups in total. The molecule has 0 aliphatic carbocycles. The molecule has 0 aromatic carbocycles. The highest BCUT2D eigenvalue weighted by atomic mass is 35.5. The minimum atomic E-state index is 0.486. The van der Waals surface area contributed by atoms with Crippen molar-refractivity contribution in [1.29, 1.82) is 0 Å². The van der Waals surface area contributed by atoms with Crippen LogP contribution < -0.4 is 0 Å². The molecule has 0 aromatic heterocycles. The molecule has 1 saturated heterocycles. The lowest BCUT2D eigenvalue weighted by atomic mass is 10.3. The van der Waals surface area contributed by atoms with Crippen LogP contribution in [-0.4, -0.2) is 48.3 Å². The van der Waals surface area contributed by atoms with E-state index < -0.39 is 0 Å². The van der Waals surface area contributed by atoms with Crippen LogP contribution in [0.15, 0.2) is 29.3 Å². The minimum Gasteiger partial charge on any atom is -0.378 e. The lowest BCUT2D eigenvalue weighted by molar-refractivity contribution is 0.0427. The quantitative estimate of drug-likeness (QED) is 0.674. The molecule has 0 bridgehead atoms. The van der Waals surface area contributed by atoms with Crippen molar-refractivity contribution in [1.82, 2.24) is 9.80 Å². The normalized spacial score (nSPS) is 22.7. The third-order valence-corrected chi connectivity index (χ3v) is 2.74. The van der Waals surface area contributed by atoms with Crippen molar-refractivity contribution in [3.63, 3.8) is 0 Å². The van der Waals surface area contributed by atoms with Crippen molar-refractivity contribution >= 4 is 16.8 Å². The molecular weight excluding hydrogens is 214 g/mol. The average Bonchev–Trinajstić information content (AvgIpc) is 2.24. The van der Waals surface area contributed by atoms with Gasteiger partial charge in [-0.3, -0.25) is 0 Å². The van der Waals surface area contributed by atoms with Crippen molar-refractivity contribution < 1.29 is 4.74 Å². The number of morpholine rings is 1. The van der Waals surface area contributed by atoms with Crippen LogP contribution in [0, 0.1) is 0 Å². The molecule has 0 saturated carbocycles. The molecule has 2 aliphatic rings. The van der Waals surface area contributed by atoms with Crippen LogP contribution >= 0.6 is 11.6 Å². The van der Waals surface area contributed by atoms with Crippen molar-refractivity contribution in [2.45, 2.75) is 0 Å². The maximum atomic E-state index is 5.92. The monoisotopic (exact) mass is 227 g/mol. The van der Waals surface area contributed by atoms with Crippen LogP contribution in [-0.2, 0) is 4.74 Å². The number of hydrogen-bond acceptors (Lipinski definition) is 4. The molecule has 0 radical (unpaired) electrons. The third-order valence-electron chi connectivity index (χ3n) is 2.55. The number of rotatable bonds is 1. The zero-order chi connectivity index (χ0) is 10.8. The highest BCUT2D eigenvalue weighted by Crippen LogP contribution is 2.21. The van der Waals surface area contributed by atoms with Gasteiger partial charge in [-0.1, -0.05) is 18.2 Å². The minimum absolute atomic E-state index is 0.486. The summed E-state index contributed by atoms with van der Waals surface area (Å²) in [5, 5.41) is 0.486. The average molecular weight is 228 g/mol. The van der Waals surface area contributed by atoms with Crippen molar-refractivity contribution in [2.24, 2.45) is 4.99 Å². The summed E-state index contributed by atoms with van der Waals surface area (Å²) in [5.74, 6) is 1.72. The van der Waals surface area contributed by atoms with Gasteiger partial charge in [-0.2, -0.15) is 0 Å². The van der Waals surface area contributed by atoms with Crippen molar-refractivity contribution in [2.75, 3.05) is 33.4 Å². The summed E-state index contributed by atoms with van der Waals surface area (Å²) in [6, 6.07) is 0. The Morgan fingerprint density at radius 1 is 1.47 bits per heavy atom. The van der Waals surface area contributed by atoms with Gasteiger partial charge in [0.1, 0.15) is 16.8 Å². The van der Waals surface area contributed by atoms with Crippen LogP contribution in [0.3, 0.4) is 0 Å². The molecule has 2 heterocycles. The molecule has 82 valence electrons. The van der Waals surface area contributed by atoms with Crippen LogP contribution in [0.5, 0.6) is 0 Å². The maximum absolute atomic E-state index is 5.92. The van der Waals surface area contributed by atoms with E-state index in [-0.39, 0.29) is 0 Å². The van der Waals surface area contributed by atoms with Gasteiger partial charge in [0.2, 0.25) is 0 Å². The summed E-state index contributed by atoms with van der Waals surface area (Å²) in [5.41, 5.74) is 0. The number of halogens is 1. The smallest absolute Gasteiger partial charge is 0.135 e. The Balaban J connectivity index is 2.19. The van der Waals surface area contributed by atoms with Gasteiger partial charge < -0.3 is 14.5 Å². The van der Waals surface area contributed by atoms with E-state index in [4.69, 9.17) is 16.3 Å². The molecule has 1 fully saturated rings. The first-order valence-electron chi connectivity index (χ1n) is 4.89. The Morgan fingerprint density at radius 2 is 2.13 bits per heavy atom. The standard InChI is InChI=1S/C10H14ClN3O/c1-8-12-9(11)7-10(13(8)2)14-3-5-15-6-4-14/h7H,1,3-6H2,2H3. The highest BCUT2D eigenvalue weighted by molar-refractivity contribution is 6.68. The van der Waals surface area contributed by atoms with E-state index in [0.717, 1.165) is 32.1 Å². The Hall–Kier alpha value is -1.00. The zero-order valence-electron chi connectivity index (χ0n) is 8.74. The summed E-state index contributed by atoms with van der Waals surface area (Å²) in [6.07, 6.45) is 1.86. The van der Waals surface area contributed by atoms with Gasteiger partial charge in [0.25, 0.3) is 0 Å². The van der Waals surface area contributed by atoms with Gasteiger partial charge in [0.15, 0.2) is 0 Å². The van der Waals surface area contributed by atoms with Crippen LogP contribution in [0.1, 0.15) is 0 Å². The number of hydrogen-bond donors (Lipinski definition) is 0. The van der Waals surface area contributed by atoms with E-state index in [2.05, 4.69) is 16.5 Å². The molecule has 2 aliphatic heterocycles. The van der Waals surface area contributed by atoms with E-state index >= 15 is 0 Å². The van der Waals surface area contributed by atoms with Gasteiger partial charge in [-0.15, -0.1) is 0 Å². The molecule has 4 nitrogen and oxygen atoms in total. The fourth-order valence-electron chi connectivity index (χ4n) is 1.66.